The van der Waals surface area contributed by atoms with Crippen molar-refractivity contribution >= 4 is 40.1 Å². The van der Waals surface area contributed by atoms with Crippen molar-refractivity contribution in [2.24, 2.45) is 19.5 Å². The maximum absolute atomic E-state index is 12.9. The first-order valence-corrected chi connectivity index (χ1v) is 13.0. The van der Waals surface area contributed by atoms with Gasteiger partial charge in [0.2, 0.25) is 5.95 Å². The predicted octanol–water partition coefficient (Wildman–Crippen LogP) is 2.81. The molecule has 4 aromatic rings. The molecule has 12 heteroatoms. The molecule has 2 aliphatic rings. The van der Waals surface area contributed by atoms with Crippen LogP contribution in [0.2, 0.25) is 0 Å². The molecule has 2 fully saturated rings. The first kappa shape index (κ1) is 24.3. The van der Waals surface area contributed by atoms with Gasteiger partial charge in [0, 0.05) is 52.3 Å². The number of likely N-dealkylation sites (tertiary alicyclic amines) is 1. The molecule has 6 rings (SSSR count). The van der Waals surface area contributed by atoms with E-state index in [1.54, 1.807) is 21.8 Å². The summed E-state index contributed by atoms with van der Waals surface area (Å²) in [4.78, 5) is 28.9. The zero-order chi connectivity index (χ0) is 26.4. The smallest absolute Gasteiger partial charge is 0.252 e. The minimum absolute atomic E-state index is 0.128. The Kier molecular flexibility index (Phi) is 5.98. The summed E-state index contributed by atoms with van der Waals surface area (Å²) in [6.07, 6.45) is 9.25. The summed E-state index contributed by atoms with van der Waals surface area (Å²) in [6.45, 7) is 7.64. The number of fused-ring (bicyclic) bond motifs is 1. The lowest BCUT2D eigenvalue weighted by Crippen LogP contribution is -2.34. The Morgan fingerprint density at radius 2 is 1.87 bits per heavy atom. The van der Waals surface area contributed by atoms with E-state index in [9.17, 15) is 4.79 Å². The molecule has 1 spiro atoms. The fourth-order valence-corrected chi connectivity index (χ4v) is 5.18. The lowest BCUT2D eigenvalue weighted by molar-refractivity contribution is 0.0949. The minimum Gasteiger partial charge on any atom is -0.351 e. The van der Waals surface area contributed by atoms with Crippen molar-refractivity contribution in [1.29, 1.82) is 0 Å². The topological polar surface area (TPSA) is 131 Å². The van der Waals surface area contributed by atoms with Gasteiger partial charge in [-0.15, -0.1) is 0 Å². The van der Waals surface area contributed by atoms with E-state index in [1.807, 2.05) is 40.2 Å². The first-order chi connectivity index (χ1) is 18.3. The fraction of sp³-hybridized carbons (Fsp3) is 0.462. The molecule has 1 saturated carbocycles. The number of amides is 1. The Balaban J connectivity index is 1.14. The predicted molar refractivity (Wildman–Crippen MR) is 145 cm³/mol. The first-order valence-electron chi connectivity index (χ1n) is 13.0. The van der Waals surface area contributed by atoms with Crippen LogP contribution in [-0.2, 0) is 14.1 Å². The Morgan fingerprint density at radius 1 is 1.03 bits per heavy atom. The third kappa shape index (κ3) is 4.78. The van der Waals surface area contributed by atoms with Gasteiger partial charge in [-0.2, -0.15) is 15.2 Å². The van der Waals surface area contributed by atoms with Crippen molar-refractivity contribution in [1.82, 2.24) is 44.7 Å². The number of carbonyl (C=O) groups excluding carboxylic acids is 1. The number of pyridine rings is 1. The van der Waals surface area contributed by atoms with Crippen LogP contribution in [-0.4, -0.2) is 71.5 Å². The molecular formula is C26H33N11O. The maximum Gasteiger partial charge on any atom is 0.252 e. The van der Waals surface area contributed by atoms with E-state index in [1.165, 1.54) is 25.8 Å². The molecule has 12 nitrogen and oxygen atoms in total. The van der Waals surface area contributed by atoms with E-state index in [0.29, 0.717) is 40.6 Å². The van der Waals surface area contributed by atoms with Gasteiger partial charge in [0.15, 0.2) is 11.5 Å². The van der Waals surface area contributed by atoms with Crippen LogP contribution in [0.15, 0.2) is 24.7 Å². The number of nitrogens with zero attached hydrogens (tertiary/aromatic N) is 8. The molecular weight excluding hydrogens is 482 g/mol. The second-order valence-electron chi connectivity index (χ2n) is 10.6. The number of aromatic nitrogens is 7. The van der Waals surface area contributed by atoms with E-state index in [4.69, 9.17) is 0 Å². The normalized spacial score (nSPS) is 16.3. The molecule has 3 N–H and O–H groups in total. The lowest BCUT2D eigenvalue weighted by Gasteiger charge is -2.16. The van der Waals surface area contributed by atoms with Crippen LogP contribution in [0, 0.1) is 19.3 Å². The molecule has 1 amide bonds. The number of rotatable bonds is 8. The van der Waals surface area contributed by atoms with Crippen LogP contribution in [0.25, 0.3) is 11.0 Å². The van der Waals surface area contributed by atoms with Crippen molar-refractivity contribution in [3.63, 3.8) is 0 Å². The average molecular weight is 516 g/mol. The molecule has 4 aromatic heterocycles. The van der Waals surface area contributed by atoms with Crippen LogP contribution in [0.1, 0.15) is 41.0 Å². The fourth-order valence-electron chi connectivity index (χ4n) is 5.18. The average Bonchev–Trinajstić information content (AvgIpc) is 3.25. The zero-order valence-electron chi connectivity index (χ0n) is 22.2. The monoisotopic (exact) mass is 515 g/mol. The molecule has 1 aliphatic carbocycles. The van der Waals surface area contributed by atoms with E-state index in [-0.39, 0.29) is 5.91 Å². The number of hydrogen-bond acceptors (Lipinski definition) is 9. The second-order valence-corrected chi connectivity index (χ2v) is 10.6. The van der Waals surface area contributed by atoms with Gasteiger partial charge in [0.05, 0.1) is 33.7 Å². The third-order valence-corrected chi connectivity index (χ3v) is 7.63. The summed E-state index contributed by atoms with van der Waals surface area (Å²) < 4.78 is 3.44. The minimum atomic E-state index is -0.128. The highest BCUT2D eigenvalue weighted by molar-refractivity contribution is 5.96. The van der Waals surface area contributed by atoms with Gasteiger partial charge in [-0.25, -0.2) is 9.67 Å². The summed E-state index contributed by atoms with van der Waals surface area (Å²) in [5.41, 5.74) is 4.95. The number of hydrogen-bond donors (Lipinski definition) is 3. The van der Waals surface area contributed by atoms with E-state index < -0.39 is 0 Å². The van der Waals surface area contributed by atoms with Crippen LogP contribution < -0.4 is 16.0 Å². The molecule has 1 saturated heterocycles. The quantitative estimate of drug-likeness (QED) is 0.324. The van der Waals surface area contributed by atoms with E-state index in [2.05, 4.69) is 46.0 Å². The Hall–Kier alpha value is -4.06. The highest BCUT2D eigenvalue weighted by Gasteiger charge is 2.47. The van der Waals surface area contributed by atoms with E-state index >= 15 is 0 Å². The second kappa shape index (κ2) is 9.35. The molecule has 38 heavy (non-hydrogen) atoms. The lowest BCUT2D eigenvalue weighted by atomic mass is 10.1. The van der Waals surface area contributed by atoms with Crippen LogP contribution in [0.5, 0.6) is 0 Å². The van der Waals surface area contributed by atoms with Crippen molar-refractivity contribution in [3.8, 4) is 0 Å². The molecule has 0 radical (unpaired) electrons. The standard InChI is InChI=1S/C26H33N11O/c1-16-20(11-18(12-28-16)24(38)27-8-10-37-9-7-26(15-37)5-6-26)30-22-19-13-29-25(32-23(19)36(4)34-22)31-21-14-35(3)33-17(21)2/h11-14H,5-10,15H2,1-4H3,(H,27,38)(H,30,34)(H,29,31,32). The summed E-state index contributed by atoms with van der Waals surface area (Å²) in [5, 5.41) is 19.3. The van der Waals surface area contributed by atoms with Gasteiger partial charge < -0.3 is 20.9 Å². The molecule has 0 unspecified atom stereocenters. The number of aryl methyl sites for hydroxylation is 4. The van der Waals surface area contributed by atoms with Crippen molar-refractivity contribution in [2.45, 2.75) is 33.1 Å². The van der Waals surface area contributed by atoms with Gasteiger partial charge in [-0.05, 0) is 51.1 Å². The zero-order valence-corrected chi connectivity index (χ0v) is 22.2. The van der Waals surface area contributed by atoms with Crippen molar-refractivity contribution in [3.05, 3.63) is 41.6 Å². The Bertz CT molecular complexity index is 1520. The van der Waals surface area contributed by atoms with Gasteiger partial charge in [-0.3, -0.25) is 14.5 Å². The van der Waals surface area contributed by atoms with Crippen LogP contribution in [0.4, 0.5) is 23.1 Å². The Labute approximate surface area is 220 Å². The summed E-state index contributed by atoms with van der Waals surface area (Å²) in [7, 11) is 3.70. The summed E-state index contributed by atoms with van der Waals surface area (Å²) in [6, 6.07) is 1.81. The Morgan fingerprint density at radius 3 is 2.61 bits per heavy atom. The summed E-state index contributed by atoms with van der Waals surface area (Å²) in [5.74, 6) is 0.925. The van der Waals surface area contributed by atoms with Gasteiger partial charge in [0.25, 0.3) is 5.91 Å². The number of anilines is 4. The van der Waals surface area contributed by atoms with Gasteiger partial charge in [0.1, 0.15) is 0 Å². The molecule has 0 aromatic carbocycles. The third-order valence-electron chi connectivity index (χ3n) is 7.63. The van der Waals surface area contributed by atoms with Crippen molar-refractivity contribution in [2.75, 3.05) is 36.8 Å². The highest BCUT2D eigenvalue weighted by Crippen LogP contribution is 2.52. The molecule has 0 atom stereocenters. The number of nitrogens with one attached hydrogen (secondary N) is 3. The van der Waals surface area contributed by atoms with Crippen LogP contribution in [0.3, 0.4) is 0 Å². The largest absolute Gasteiger partial charge is 0.351 e. The number of carbonyl (C=O) groups is 1. The highest BCUT2D eigenvalue weighted by atomic mass is 16.1. The molecule has 198 valence electrons. The van der Waals surface area contributed by atoms with E-state index in [0.717, 1.165) is 35.6 Å². The molecule has 5 heterocycles. The van der Waals surface area contributed by atoms with Gasteiger partial charge >= 0.3 is 0 Å². The van der Waals surface area contributed by atoms with Crippen molar-refractivity contribution < 1.29 is 4.79 Å². The molecule has 1 aliphatic heterocycles. The van der Waals surface area contributed by atoms with Crippen LogP contribution >= 0.6 is 0 Å². The maximum atomic E-state index is 12.9. The molecule has 0 bridgehead atoms. The SMILES string of the molecule is Cc1nn(C)cc1Nc1ncc2c(Nc3cc(C(=O)NCCN4CCC5(CC5)C4)cnc3C)nn(C)c2n1. The summed E-state index contributed by atoms with van der Waals surface area (Å²) >= 11 is 0. The van der Waals surface area contributed by atoms with Gasteiger partial charge in [-0.1, -0.05) is 0 Å².